The van der Waals surface area contributed by atoms with Gasteiger partial charge in [0.05, 0.1) is 0 Å². The molecule has 2 rings (SSSR count). The average molecular weight is 250 g/mol. The number of rotatable bonds is 6. The maximum atomic E-state index is 11.8. The second-order valence-electron chi connectivity index (χ2n) is 5.16. The maximum absolute atomic E-state index is 11.8. The zero-order valence-electron chi connectivity index (χ0n) is 10.5. The number of hydrogen-bond acceptors (Lipinski definition) is 2. The van der Waals surface area contributed by atoms with E-state index in [0.29, 0.717) is 5.78 Å². The Morgan fingerprint density at radius 3 is 2.76 bits per heavy atom. The highest BCUT2D eigenvalue weighted by atomic mass is 32.1. The van der Waals surface area contributed by atoms with Crippen LogP contribution in [0.3, 0.4) is 0 Å². The molecule has 0 radical (unpaired) electrons. The van der Waals surface area contributed by atoms with Crippen LogP contribution in [0.4, 0.5) is 0 Å². The van der Waals surface area contributed by atoms with Gasteiger partial charge in [0.1, 0.15) is 5.78 Å². The molecule has 1 aliphatic carbocycles. The Balaban J connectivity index is 1.60. The quantitative estimate of drug-likeness (QED) is 0.720. The first-order chi connectivity index (χ1) is 8.34. The lowest BCUT2D eigenvalue weighted by Crippen LogP contribution is -2.09. The van der Waals surface area contributed by atoms with Gasteiger partial charge in [-0.1, -0.05) is 38.2 Å². The fraction of sp³-hybridized carbons (Fsp3) is 0.667. The zero-order chi connectivity index (χ0) is 11.9. The average Bonchev–Trinajstić information content (AvgIpc) is 2.88. The first-order valence-electron chi connectivity index (χ1n) is 6.88. The van der Waals surface area contributed by atoms with E-state index in [1.165, 1.54) is 37.0 Å². The molecular formula is C15H22OS. The second kappa shape index (κ2) is 6.95. The Morgan fingerprint density at radius 1 is 1.24 bits per heavy atom. The standard InChI is InChI=1S/C15H22OS/c16-14(10-11-15-7-4-12-17-15)9-8-13-5-2-1-3-6-13/h4,7,12-13H,1-3,5-6,8-11H2. The van der Waals surface area contributed by atoms with Gasteiger partial charge in [0, 0.05) is 17.7 Å². The molecule has 0 atom stereocenters. The van der Waals surface area contributed by atoms with E-state index in [1.54, 1.807) is 11.3 Å². The number of Topliss-reactive ketones (excluding diaryl/α,β-unsaturated/α-hetero) is 1. The number of carbonyl (C=O) groups is 1. The molecular weight excluding hydrogens is 228 g/mol. The van der Waals surface area contributed by atoms with Crippen LogP contribution in [0.1, 0.15) is 56.2 Å². The Morgan fingerprint density at radius 2 is 2.06 bits per heavy atom. The predicted molar refractivity (Wildman–Crippen MR) is 73.5 cm³/mol. The molecule has 1 aromatic heterocycles. The lowest BCUT2D eigenvalue weighted by atomic mass is 9.85. The van der Waals surface area contributed by atoms with Gasteiger partial charge in [-0.3, -0.25) is 4.79 Å². The summed E-state index contributed by atoms with van der Waals surface area (Å²) in [6.07, 6.45) is 10.5. The monoisotopic (exact) mass is 250 g/mol. The number of ketones is 1. The van der Waals surface area contributed by atoms with Gasteiger partial charge in [-0.15, -0.1) is 11.3 Å². The van der Waals surface area contributed by atoms with E-state index >= 15 is 0 Å². The molecule has 0 N–H and O–H groups in total. The number of hydrogen-bond donors (Lipinski definition) is 0. The van der Waals surface area contributed by atoms with Crippen LogP contribution in [-0.4, -0.2) is 5.78 Å². The van der Waals surface area contributed by atoms with Crippen molar-refractivity contribution in [2.24, 2.45) is 5.92 Å². The van der Waals surface area contributed by atoms with E-state index in [4.69, 9.17) is 0 Å². The van der Waals surface area contributed by atoms with Crippen LogP contribution >= 0.6 is 11.3 Å². The molecule has 0 aromatic carbocycles. The molecule has 94 valence electrons. The summed E-state index contributed by atoms with van der Waals surface area (Å²) in [6.45, 7) is 0. The van der Waals surface area contributed by atoms with Crippen molar-refractivity contribution < 1.29 is 4.79 Å². The number of thiophene rings is 1. The van der Waals surface area contributed by atoms with E-state index in [9.17, 15) is 4.79 Å². The third-order valence-electron chi connectivity index (χ3n) is 3.79. The minimum atomic E-state index is 0.462. The minimum absolute atomic E-state index is 0.462. The Hall–Kier alpha value is -0.630. The summed E-state index contributed by atoms with van der Waals surface area (Å²) >= 11 is 1.76. The van der Waals surface area contributed by atoms with E-state index in [0.717, 1.165) is 31.6 Å². The third kappa shape index (κ3) is 4.63. The van der Waals surface area contributed by atoms with Gasteiger partial charge in [-0.2, -0.15) is 0 Å². The normalized spacial score (nSPS) is 17.2. The summed E-state index contributed by atoms with van der Waals surface area (Å²) in [5.41, 5.74) is 0. The number of aryl methyl sites for hydroxylation is 1. The topological polar surface area (TPSA) is 17.1 Å². The van der Waals surface area contributed by atoms with Crippen LogP contribution in [0, 0.1) is 5.92 Å². The smallest absolute Gasteiger partial charge is 0.133 e. The molecule has 1 saturated carbocycles. The van der Waals surface area contributed by atoms with Crippen LogP contribution in [0.15, 0.2) is 17.5 Å². The first-order valence-corrected chi connectivity index (χ1v) is 7.76. The molecule has 2 heteroatoms. The molecule has 0 saturated heterocycles. The highest BCUT2D eigenvalue weighted by molar-refractivity contribution is 7.09. The molecule has 1 heterocycles. The van der Waals surface area contributed by atoms with Gasteiger partial charge < -0.3 is 0 Å². The Bertz CT molecular complexity index is 323. The van der Waals surface area contributed by atoms with Gasteiger partial charge in [0.25, 0.3) is 0 Å². The van der Waals surface area contributed by atoms with E-state index in [1.807, 2.05) is 0 Å². The molecule has 1 aliphatic rings. The van der Waals surface area contributed by atoms with Gasteiger partial charge in [0.2, 0.25) is 0 Å². The van der Waals surface area contributed by atoms with Crippen molar-refractivity contribution in [3.63, 3.8) is 0 Å². The van der Waals surface area contributed by atoms with Gasteiger partial charge in [-0.25, -0.2) is 0 Å². The van der Waals surface area contributed by atoms with E-state index in [-0.39, 0.29) is 0 Å². The first kappa shape index (κ1) is 12.8. The minimum Gasteiger partial charge on any atom is -0.300 e. The summed E-state index contributed by atoms with van der Waals surface area (Å²) in [5.74, 6) is 1.30. The van der Waals surface area contributed by atoms with Crippen molar-refractivity contribution in [3.05, 3.63) is 22.4 Å². The largest absolute Gasteiger partial charge is 0.300 e. The molecule has 0 amide bonds. The van der Waals surface area contributed by atoms with Crippen molar-refractivity contribution in [3.8, 4) is 0 Å². The summed E-state index contributed by atoms with van der Waals surface area (Å²) in [4.78, 5) is 13.1. The molecule has 17 heavy (non-hydrogen) atoms. The lowest BCUT2D eigenvalue weighted by molar-refractivity contribution is -0.119. The summed E-state index contributed by atoms with van der Waals surface area (Å²) in [6, 6.07) is 4.19. The summed E-state index contributed by atoms with van der Waals surface area (Å²) in [7, 11) is 0. The van der Waals surface area contributed by atoms with Crippen molar-refractivity contribution in [2.45, 2.75) is 57.8 Å². The maximum Gasteiger partial charge on any atom is 0.133 e. The van der Waals surface area contributed by atoms with E-state index < -0.39 is 0 Å². The Kier molecular flexibility index (Phi) is 5.24. The van der Waals surface area contributed by atoms with Crippen LogP contribution in [0.2, 0.25) is 0 Å². The molecule has 1 aromatic rings. The van der Waals surface area contributed by atoms with Crippen molar-refractivity contribution >= 4 is 17.1 Å². The SMILES string of the molecule is O=C(CCc1cccs1)CCC1CCCCC1. The highest BCUT2D eigenvalue weighted by Gasteiger charge is 2.14. The van der Waals surface area contributed by atoms with E-state index in [2.05, 4.69) is 17.5 Å². The van der Waals surface area contributed by atoms with Crippen LogP contribution in [0.25, 0.3) is 0 Å². The van der Waals surface area contributed by atoms with Gasteiger partial charge in [-0.05, 0) is 30.2 Å². The van der Waals surface area contributed by atoms with Crippen molar-refractivity contribution in [1.82, 2.24) is 0 Å². The molecule has 0 unspecified atom stereocenters. The molecule has 1 nitrogen and oxygen atoms in total. The fourth-order valence-electron chi connectivity index (χ4n) is 2.68. The zero-order valence-corrected chi connectivity index (χ0v) is 11.3. The van der Waals surface area contributed by atoms with Crippen LogP contribution < -0.4 is 0 Å². The van der Waals surface area contributed by atoms with Crippen LogP contribution in [-0.2, 0) is 11.2 Å². The fourth-order valence-corrected chi connectivity index (χ4v) is 3.39. The van der Waals surface area contributed by atoms with Gasteiger partial charge in [0.15, 0.2) is 0 Å². The molecule has 0 spiro atoms. The summed E-state index contributed by atoms with van der Waals surface area (Å²) in [5, 5.41) is 2.09. The second-order valence-corrected chi connectivity index (χ2v) is 6.19. The highest BCUT2D eigenvalue weighted by Crippen LogP contribution is 2.27. The number of carbonyl (C=O) groups excluding carboxylic acids is 1. The van der Waals surface area contributed by atoms with Crippen molar-refractivity contribution in [2.75, 3.05) is 0 Å². The third-order valence-corrected chi connectivity index (χ3v) is 4.72. The molecule has 0 bridgehead atoms. The molecule has 0 aliphatic heterocycles. The van der Waals surface area contributed by atoms with Crippen LogP contribution in [0.5, 0.6) is 0 Å². The molecule has 1 fully saturated rings. The predicted octanol–water partition coefficient (Wildman–Crippen LogP) is 4.61. The Labute approximate surface area is 108 Å². The van der Waals surface area contributed by atoms with Crippen molar-refractivity contribution in [1.29, 1.82) is 0 Å². The lowest BCUT2D eigenvalue weighted by Gasteiger charge is -2.20. The summed E-state index contributed by atoms with van der Waals surface area (Å²) < 4.78 is 0. The van der Waals surface area contributed by atoms with Gasteiger partial charge >= 0.3 is 0 Å².